The lowest BCUT2D eigenvalue weighted by Gasteiger charge is -2.19. The molecule has 0 bridgehead atoms. The van der Waals surface area contributed by atoms with E-state index < -0.39 is 17.6 Å². The molecule has 0 fully saturated rings. The van der Waals surface area contributed by atoms with Gasteiger partial charge in [0.1, 0.15) is 11.6 Å². The van der Waals surface area contributed by atoms with Crippen LogP contribution in [-0.4, -0.2) is 31.6 Å². The summed E-state index contributed by atoms with van der Waals surface area (Å²) in [6, 6.07) is 6.88. The smallest absolute Gasteiger partial charge is 0.417 e. The third-order valence-corrected chi connectivity index (χ3v) is 3.52. The minimum atomic E-state index is -4.45. The third-order valence-electron chi connectivity index (χ3n) is 3.28. The summed E-state index contributed by atoms with van der Waals surface area (Å²) < 4.78 is 42.7. The van der Waals surface area contributed by atoms with Crippen LogP contribution >= 0.6 is 11.6 Å². The molecule has 0 saturated carbocycles. The number of benzene rings is 1. The average molecular weight is 374 g/mol. The zero-order chi connectivity index (χ0) is 18.6. The van der Waals surface area contributed by atoms with Crippen molar-refractivity contribution in [2.45, 2.75) is 6.18 Å². The monoisotopic (exact) mass is 373 g/mol. The van der Waals surface area contributed by atoms with Gasteiger partial charge in [0.15, 0.2) is 0 Å². The Labute approximate surface area is 147 Å². The highest BCUT2D eigenvalue weighted by Gasteiger charge is 2.30. The van der Waals surface area contributed by atoms with Crippen LogP contribution in [0.4, 0.5) is 24.7 Å². The van der Waals surface area contributed by atoms with Crippen LogP contribution in [0, 0.1) is 0 Å². The number of likely N-dealkylation sites (N-methyl/N-ethyl adjacent to an activating group) is 1. The minimum absolute atomic E-state index is 0.117. The van der Waals surface area contributed by atoms with E-state index in [4.69, 9.17) is 16.3 Å². The van der Waals surface area contributed by atoms with Gasteiger partial charge in [0.25, 0.3) is 0 Å². The zero-order valence-electron chi connectivity index (χ0n) is 13.4. The van der Waals surface area contributed by atoms with E-state index >= 15 is 0 Å². The molecule has 25 heavy (non-hydrogen) atoms. The summed E-state index contributed by atoms with van der Waals surface area (Å²) in [7, 11) is 3.00. The van der Waals surface area contributed by atoms with Gasteiger partial charge < -0.3 is 15.0 Å². The van der Waals surface area contributed by atoms with Crippen molar-refractivity contribution in [2.75, 3.05) is 30.9 Å². The number of anilines is 2. The molecule has 0 saturated heterocycles. The number of halogens is 4. The molecule has 5 nitrogen and oxygen atoms in total. The number of nitrogens with one attached hydrogen (secondary N) is 1. The predicted octanol–water partition coefficient (Wildman–Crippen LogP) is 3.84. The molecule has 0 aliphatic heterocycles. The number of methoxy groups -OCH3 is 1. The number of rotatable bonds is 5. The van der Waals surface area contributed by atoms with Gasteiger partial charge >= 0.3 is 6.18 Å². The Morgan fingerprint density at radius 1 is 1.32 bits per heavy atom. The maximum Gasteiger partial charge on any atom is 0.417 e. The van der Waals surface area contributed by atoms with Crippen LogP contribution in [0.25, 0.3) is 0 Å². The van der Waals surface area contributed by atoms with Gasteiger partial charge in [-0.1, -0.05) is 11.6 Å². The number of amides is 1. The molecule has 0 spiro atoms. The first kappa shape index (κ1) is 18.9. The number of aromatic nitrogens is 1. The molecule has 1 amide bonds. The molecule has 2 aromatic rings. The largest absolute Gasteiger partial charge is 0.495 e. The second-order valence-corrected chi connectivity index (χ2v) is 5.59. The summed E-state index contributed by atoms with van der Waals surface area (Å²) in [5.41, 5.74) is -0.452. The van der Waals surface area contributed by atoms with Gasteiger partial charge in [-0.2, -0.15) is 13.2 Å². The van der Waals surface area contributed by atoms with E-state index in [0.29, 0.717) is 16.5 Å². The molecule has 1 N–H and O–H groups in total. The van der Waals surface area contributed by atoms with Gasteiger partial charge in [-0.05, 0) is 30.3 Å². The highest BCUT2D eigenvalue weighted by Crippen LogP contribution is 2.29. The molecule has 0 unspecified atom stereocenters. The van der Waals surface area contributed by atoms with Crippen LogP contribution in [0.5, 0.6) is 5.75 Å². The molecule has 0 aliphatic carbocycles. The Kier molecular flexibility index (Phi) is 5.73. The van der Waals surface area contributed by atoms with Crippen molar-refractivity contribution >= 4 is 29.0 Å². The Morgan fingerprint density at radius 2 is 2.04 bits per heavy atom. The van der Waals surface area contributed by atoms with Crippen molar-refractivity contribution in [3.05, 3.63) is 47.1 Å². The molecule has 1 heterocycles. The fourth-order valence-electron chi connectivity index (χ4n) is 2.04. The van der Waals surface area contributed by atoms with Crippen molar-refractivity contribution in [3.63, 3.8) is 0 Å². The van der Waals surface area contributed by atoms with Gasteiger partial charge in [-0.3, -0.25) is 4.79 Å². The number of carbonyl (C=O) groups excluding carboxylic acids is 1. The number of alkyl halides is 3. The molecule has 0 atom stereocenters. The summed E-state index contributed by atoms with van der Waals surface area (Å²) >= 11 is 5.89. The first-order chi connectivity index (χ1) is 11.7. The van der Waals surface area contributed by atoms with Gasteiger partial charge in [-0.15, -0.1) is 0 Å². The second kappa shape index (κ2) is 7.60. The van der Waals surface area contributed by atoms with Gasteiger partial charge in [0, 0.05) is 18.3 Å². The van der Waals surface area contributed by atoms with E-state index in [0.717, 1.165) is 12.3 Å². The Bertz CT molecular complexity index is 751. The van der Waals surface area contributed by atoms with E-state index in [-0.39, 0.29) is 12.4 Å². The molecule has 9 heteroatoms. The quantitative estimate of drug-likeness (QED) is 0.865. The lowest BCUT2D eigenvalue weighted by atomic mass is 10.2. The molecule has 134 valence electrons. The zero-order valence-corrected chi connectivity index (χ0v) is 14.1. The Balaban J connectivity index is 2.04. The van der Waals surface area contributed by atoms with Crippen molar-refractivity contribution < 1.29 is 22.7 Å². The number of ether oxygens (including phenoxy) is 1. The molecule has 0 aliphatic rings. The second-order valence-electron chi connectivity index (χ2n) is 5.15. The standard InChI is InChI=1S/C16H15ClF3N3O2/c1-23(14-6-3-10(8-21-14)16(18,19)20)9-15(24)22-12-7-11(17)4-5-13(12)25-2/h3-8H,9H2,1-2H3,(H,22,24). The Morgan fingerprint density at radius 3 is 2.60 bits per heavy atom. The summed E-state index contributed by atoms with van der Waals surface area (Å²) in [5.74, 6) is 0.277. The van der Waals surface area contributed by atoms with Crippen LogP contribution < -0.4 is 15.0 Å². The summed E-state index contributed by atoms with van der Waals surface area (Å²) in [4.78, 5) is 17.3. The van der Waals surface area contributed by atoms with Crippen molar-refractivity contribution in [3.8, 4) is 5.75 Å². The van der Waals surface area contributed by atoms with Crippen molar-refractivity contribution in [1.82, 2.24) is 4.98 Å². The lowest BCUT2D eigenvalue weighted by molar-refractivity contribution is -0.137. The van der Waals surface area contributed by atoms with Crippen LogP contribution in [0.2, 0.25) is 5.02 Å². The third kappa shape index (κ3) is 4.99. The molecule has 2 rings (SSSR count). The van der Waals surface area contributed by atoms with E-state index in [2.05, 4.69) is 10.3 Å². The normalized spacial score (nSPS) is 11.1. The van der Waals surface area contributed by atoms with E-state index in [1.165, 1.54) is 24.1 Å². The van der Waals surface area contributed by atoms with Gasteiger partial charge in [-0.25, -0.2) is 4.98 Å². The predicted molar refractivity (Wildman–Crippen MR) is 89.1 cm³/mol. The summed E-state index contributed by atoms with van der Waals surface area (Å²) in [6.07, 6.45) is -3.73. The first-order valence-electron chi connectivity index (χ1n) is 7.08. The minimum Gasteiger partial charge on any atom is -0.495 e. The van der Waals surface area contributed by atoms with Crippen LogP contribution in [0.3, 0.4) is 0 Å². The van der Waals surface area contributed by atoms with Gasteiger partial charge in [0.2, 0.25) is 5.91 Å². The fraction of sp³-hybridized carbons (Fsp3) is 0.250. The maximum atomic E-state index is 12.5. The molecular weight excluding hydrogens is 359 g/mol. The first-order valence-corrected chi connectivity index (χ1v) is 7.46. The average Bonchev–Trinajstić information content (AvgIpc) is 2.54. The fourth-order valence-corrected chi connectivity index (χ4v) is 2.22. The lowest BCUT2D eigenvalue weighted by Crippen LogP contribution is -2.30. The molecule has 0 radical (unpaired) electrons. The van der Waals surface area contributed by atoms with E-state index in [1.807, 2.05) is 0 Å². The number of hydrogen-bond donors (Lipinski definition) is 1. The number of carbonyl (C=O) groups is 1. The van der Waals surface area contributed by atoms with E-state index in [9.17, 15) is 18.0 Å². The number of hydrogen-bond acceptors (Lipinski definition) is 4. The topological polar surface area (TPSA) is 54.5 Å². The summed E-state index contributed by atoms with van der Waals surface area (Å²) in [5, 5.41) is 3.07. The maximum absolute atomic E-state index is 12.5. The van der Waals surface area contributed by atoms with E-state index in [1.54, 1.807) is 19.2 Å². The van der Waals surface area contributed by atoms with Crippen LogP contribution in [-0.2, 0) is 11.0 Å². The van der Waals surface area contributed by atoms with Gasteiger partial charge in [0.05, 0.1) is 24.9 Å². The number of nitrogens with zero attached hydrogens (tertiary/aromatic N) is 2. The Hall–Kier alpha value is -2.48. The highest BCUT2D eigenvalue weighted by atomic mass is 35.5. The molecule has 1 aromatic heterocycles. The number of pyridine rings is 1. The highest BCUT2D eigenvalue weighted by molar-refractivity contribution is 6.31. The summed E-state index contributed by atoms with van der Waals surface area (Å²) in [6.45, 7) is -0.117. The van der Waals surface area contributed by atoms with Crippen molar-refractivity contribution in [2.24, 2.45) is 0 Å². The van der Waals surface area contributed by atoms with Crippen LogP contribution in [0.1, 0.15) is 5.56 Å². The van der Waals surface area contributed by atoms with Crippen LogP contribution in [0.15, 0.2) is 36.5 Å². The SMILES string of the molecule is COc1ccc(Cl)cc1NC(=O)CN(C)c1ccc(C(F)(F)F)cn1. The van der Waals surface area contributed by atoms with Crippen molar-refractivity contribution in [1.29, 1.82) is 0 Å². The molecule has 1 aromatic carbocycles. The molecular formula is C16H15ClF3N3O2.